The van der Waals surface area contributed by atoms with E-state index in [2.05, 4.69) is 31.2 Å². The Hall–Kier alpha value is -2.37. The maximum atomic E-state index is 4.55. The van der Waals surface area contributed by atoms with Gasteiger partial charge in [0.15, 0.2) is 5.96 Å². The van der Waals surface area contributed by atoms with Crippen molar-refractivity contribution in [1.29, 1.82) is 0 Å². The van der Waals surface area contributed by atoms with Crippen molar-refractivity contribution in [2.24, 2.45) is 10.4 Å². The monoisotopic (exact) mass is 352 g/mol. The lowest BCUT2D eigenvalue weighted by Crippen LogP contribution is -2.41. The summed E-state index contributed by atoms with van der Waals surface area (Å²) in [6.07, 6.45) is 15.6. The summed E-state index contributed by atoms with van der Waals surface area (Å²) in [5, 5.41) is 3.55. The number of likely N-dealkylation sites (tertiary alicyclic amines) is 1. The Kier molecular flexibility index (Phi) is 4.91. The Bertz CT molecular complexity index is 745. The highest BCUT2D eigenvalue weighted by atomic mass is 15.3. The Morgan fingerprint density at radius 1 is 1.23 bits per heavy atom. The van der Waals surface area contributed by atoms with Gasteiger partial charge in [-0.1, -0.05) is 25.3 Å². The van der Waals surface area contributed by atoms with Crippen molar-refractivity contribution in [3.05, 3.63) is 42.6 Å². The average Bonchev–Trinajstić information content (AvgIpc) is 3.34. The molecule has 138 valence electrons. The van der Waals surface area contributed by atoms with Crippen LogP contribution in [0.1, 0.15) is 44.1 Å². The lowest BCUT2D eigenvalue weighted by Gasteiger charge is -2.33. The molecule has 0 aromatic carbocycles. The molecule has 1 aliphatic carbocycles. The number of aliphatic imine (C=N–C) groups is 1. The van der Waals surface area contributed by atoms with Crippen LogP contribution in [-0.2, 0) is 6.54 Å². The molecule has 6 heteroatoms. The lowest BCUT2D eigenvalue weighted by molar-refractivity contribution is 0.203. The summed E-state index contributed by atoms with van der Waals surface area (Å²) in [5.41, 5.74) is 1.67. The summed E-state index contributed by atoms with van der Waals surface area (Å²) in [4.78, 5) is 15.6. The summed E-state index contributed by atoms with van der Waals surface area (Å²) in [5.74, 6) is 1.92. The molecule has 2 fully saturated rings. The van der Waals surface area contributed by atoms with Crippen LogP contribution in [-0.4, -0.2) is 45.5 Å². The Balaban J connectivity index is 1.43. The molecule has 1 saturated heterocycles. The van der Waals surface area contributed by atoms with Gasteiger partial charge in [-0.05, 0) is 30.7 Å². The largest absolute Gasteiger partial charge is 0.352 e. The highest BCUT2D eigenvalue weighted by Crippen LogP contribution is 2.43. The van der Waals surface area contributed by atoms with E-state index in [1.165, 1.54) is 38.5 Å². The summed E-state index contributed by atoms with van der Waals surface area (Å²) in [6.45, 7) is 2.96. The Morgan fingerprint density at radius 2 is 2.12 bits per heavy atom. The van der Waals surface area contributed by atoms with E-state index in [1.807, 2.05) is 30.1 Å². The normalized spacial score (nSPS) is 19.9. The molecule has 2 aliphatic rings. The molecule has 0 amide bonds. The zero-order chi connectivity index (χ0) is 17.8. The first-order chi connectivity index (χ1) is 12.8. The van der Waals surface area contributed by atoms with Crippen molar-refractivity contribution in [3.63, 3.8) is 0 Å². The quantitative estimate of drug-likeness (QED) is 0.681. The second-order valence-corrected chi connectivity index (χ2v) is 7.59. The molecular weight excluding hydrogens is 324 g/mol. The summed E-state index contributed by atoms with van der Waals surface area (Å²) in [7, 11) is 1.88. The average molecular weight is 352 g/mol. The molecule has 1 N–H and O–H groups in total. The van der Waals surface area contributed by atoms with Gasteiger partial charge in [0.2, 0.25) is 0 Å². The van der Waals surface area contributed by atoms with Gasteiger partial charge < -0.3 is 10.2 Å². The molecule has 0 atom stereocenters. The zero-order valence-electron chi connectivity index (χ0n) is 15.6. The van der Waals surface area contributed by atoms with Crippen LogP contribution < -0.4 is 5.32 Å². The Morgan fingerprint density at radius 3 is 2.88 bits per heavy atom. The van der Waals surface area contributed by atoms with Crippen LogP contribution in [0.3, 0.4) is 0 Å². The smallest absolute Gasteiger partial charge is 0.193 e. The van der Waals surface area contributed by atoms with E-state index in [4.69, 9.17) is 0 Å². The number of hydrogen-bond acceptors (Lipinski definition) is 3. The fourth-order valence-corrected chi connectivity index (χ4v) is 4.52. The third kappa shape index (κ3) is 3.45. The molecule has 26 heavy (non-hydrogen) atoms. The van der Waals surface area contributed by atoms with Gasteiger partial charge in [0, 0.05) is 50.8 Å². The van der Waals surface area contributed by atoms with E-state index in [-0.39, 0.29) is 0 Å². The molecule has 0 radical (unpaired) electrons. The molecular formula is C20H28N6. The topological polar surface area (TPSA) is 58.3 Å². The molecule has 1 saturated carbocycles. The molecule has 3 heterocycles. The number of imidazole rings is 1. The molecule has 2 aromatic rings. The molecule has 1 spiro atoms. The van der Waals surface area contributed by atoms with Crippen molar-refractivity contribution in [3.8, 4) is 5.82 Å². The first kappa shape index (κ1) is 17.1. The summed E-state index contributed by atoms with van der Waals surface area (Å²) >= 11 is 0. The first-order valence-corrected chi connectivity index (χ1v) is 9.68. The second-order valence-electron chi connectivity index (χ2n) is 7.59. The second kappa shape index (κ2) is 7.48. The van der Waals surface area contributed by atoms with E-state index in [1.54, 1.807) is 12.5 Å². The van der Waals surface area contributed by atoms with Gasteiger partial charge in [0.05, 0.1) is 0 Å². The van der Waals surface area contributed by atoms with Crippen LogP contribution in [0.15, 0.2) is 42.0 Å². The lowest BCUT2D eigenvalue weighted by atomic mass is 9.73. The molecule has 0 unspecified atom stereocenters. The van der Waals surface area contributed by atoms with Crippen LogP contribution in [0, 0.1) is 5.41 Å². The van der Waals surface area contributed by atoms with Crippen LogP contribution in [0.2, 0.25) is 0 Å². The number of pyridine rings is 1. The minimum absolute atomic E-state index is 0.534. The zero-order valence-corrected chi connectivity index (χ0v) is 15.6. The number of hydrogen-bond donors (Lipinski definition) is 1. The van der Waals surface area contributed by atoms with Crippen LogP contribution in [0.25, 0.3) is 5.82 Å². The SMILES string of the molecule is CN=C(NCc1cccnc1-n1ccnc1)N1CCC2(CCCCC2)C1. The van der Waals surface area contributed by atoms with Gasteiger partial charge in [0.1, 0.15) is 12.1 Å². The standard InChI is InChI=1S/C20H28N6/c1-21-19(25-12-9-20(15-25)7-3-2-4-8-20)24-14-17-6-5-10-23-18(17)26-13-11-22-16-26/h5-6,10-11,13,16H,2-4,7-9,12,14-15H2,1H3,(H,21,24). The minimum Gasteiger partial charge on any atom is -0.352 e. The highest BCUT2D eigenvalue weighted by molar-refractivity contribution is 5.80. The van der Waals surface area contributed by atoms with E-state index in [0.717, 1.165) is 30.4 Å². The third-order valence-corrected chi connectivity index (χ3v) is 5.92. The molecule has 6 nitrogen and oxygen atoms in total. The van der Waals surface area contributed by atoms with Crippen LogP contribution >= 0.6 is 0 Å². The van der Waals surface area contributed by atoms with Crippen molar-refractivity contribution in [2.45, 2.75) is 45.1 Å². The predicted octanol–water partition coefficient (Wildman–Crippen LogP) is 3.00. The fourth-order valence-electron chi connectivity index (χ4n) is 4.52. The highest BCUT2D eigenvalue weighted by Gasteiger charge is 2.39. The van der Waals surface area contributed by atoms with Crippen molar-refractivity contribution >= 4 is 5.96 Å². The minimum atomic E-state index is 0.534. The predicted molar refractivity (Wildman–Crippen MR) is 103 cm³/mol. The van der Waals surface area contributed by atoms with Crippen molar-refractivity contribution < 1.29 is 0 Å². The van der Waals surface area contributed by atoms with Gasteiger partial charge in [-0.15, -0.1) is 0 Å². The van der Waals surface area contributed by atoms with E-state index in [0.29, 0.717) is 12.0 Å². The van der Waals surface area contributed by atoms with Gasteiger partial charge >= 0.3 is 0 Å². The number of guanidine groups is 1. The van der Waals surface area contributed by atoms with Gasteiger partial charge in [-0.3, -0.25) is 9.56 Å². The molecule has 1 aliphatic heterocycles. The first-order valence-electron chi connectivity index (χ1n) is 9.68. The van der Waals surface area contributed by atoms with E-state index < -0.39 is 0 Å². The Labute approximate surface area is 155 Å². The summed E-state index contributed by atoms with van der Waals surface area (Å²) in [6, 6.07) is 4.09. The van der Waals surface area contributed by atoms with E-state index >= 15 is 0 Å². The third-order valence-electron chi connectivity index (χ3n) is 5.92. The maximum absolute atomic E-state index is 4.55. The number of aromatic nitrogens is 3. The van der Waals surface area contributed by atoms with Crippen LogP contribution in [0.5, 0.6) is 0 Å². The molecule has 4 rings (SSSR count). The molecule has 0 bridgehead atoms. The number of nitrogens with zero attached hydrogens (tertiary/aromatic N) is 5. The van der Waals surface area contributed by atoms with Gasteiger partial charge in [0.25, 0.3) is 0 Å². The van der Waals surface area contributed by atoms with Gasteiger partial charge in [-0.25, -0.2) is 9.97 Å². The number of rotatable bonds is 3. The maximum Gasteiger partial charge on any atom is 0.193 e. The fraction of sp³-hybridized carbons (Fsp3) is 0.550. The summed E-state index contributed by atoms with van der Waals surface area (Å²) < 4.78 is 1.95. The van der Waals surface area contributed by atoms with Crippen molar-refractivity contribution in [1.82, 2.24) is 24.8 Å². The van der Waals surface area contributed by atoms with E-state index in [9.17, 15) is 0 Å². The van der Waals surface area contributed by atoms with Crippen molar-refractivity contribution in [2.75, 3.05) is 20.1 Å². The van der Waals surface area contributed by atoms with Gasteiger partial charge in [-0.2, -0.15) is 0 Å². The molecule has 2 aromatic heterocycles. The van der Waals surface area contributed by atoms with Crippen LogP contribution in [0.4, 0.5) is 0 Å². The number of nitrogens with one attached hydrogen (secondary N) is 1.